The quantitative estimate of drug-likeness (QED) is 0.665. The molecule has 3 N–H and O–H groups in total. The Morgan fingerprint density at radius 2 is 2.07 bits per heavy atom. The molecule has 0 unspecified atom stereocenters. The zero-order valence-electron chi connectivity index (χ0n) is 9.00. The van der Waals surface area contributed by atoms with Crippen molar-refractivity contribution in [1.29, 1.82) is 0 Å². The van der Waals surface area contributed by atoms with E-state index in [0.717, 1.165) is 11.4 Å². The average molecular weight is 208 g/mol. The summed E-state index contributed by atoms with van der Waals surface area (Å²) in [5.41, 5.74) is 1.85. The smallest absolute Gasteiger partial charge is 0.221 e. The molecule has 0 aromatic carbocycles. The summed E-state index contributed by atoms with van der Waals surface area (Å²) in [6.07, 6.45) is 3.93. The highest BCUT2D eigenvalue weighted by Crippen LogP contribution is 2.11. The third kappa shape index (κ3) is 3.84. The molecule has 0 atom stereocenters. The van der Waals surface area contributed by atoms with Crippen LogP contribution in [-0.2, 0) is 4.79 Å². The lowest BCUT2D eigenvalue weighted by Gasteiger charge is -2.06. The van der Waals surface area contributed by atoms with Crippen molar-refractivity contribution in [3.8, 4) is 0 Å². The lowest BCUT2D eigenvalue weighted by Crippen LogP contribution is -2.20. The molecule has 1 rings (SSSR count). The second kappa shape index (κ2) is 5.85. The van der Waals surface area contributed by atoms with E-state index < -0.39 is 0 Å². The summed E-state index contributed by atoms with van der Waals surface area (Å²) in [6.45, 7) is 0.606. The molecular weight excluding hydrogens is 192 g/mol. The molecule has 0 saturated carbocycles. The van der Waals surface area contributed by atoms with Crippen molar-refractivity contribution in [2.45, 2.75) is 6.42 Å². The van der Waals surface area contributed by atoms with Gasteiger partial charge in [0.15, 0.2) is 0 Å². The van der Waals surface area contributed by atoms with Crippen molar-refractivity contribution in [2.75, 3.05) is 31.3 Å². The third-order valence-corrected chi connectivity index (χ3v) is 1.99. The number of nitrogens with one attached hydrogen (secondary N) is 3. The molecule has 1 aromatic rings. The maximum Gasteiger partial charge on any atom is 0.221 e. The van der Waals surface area contributed by atoms with Gasteiger partial charge >= 0.3 is 0 Å². The molecular formula is C10H16N4O. The first-order valence-corrected chi connectivity index (χ1v) is 4.83. The second-order valence-corrected chi connectivity index (χ2v) is 3.06. The molecule has 0 bridgehead atoms. The molecule has 1 aromatic heterocycles. The predicted molar refractivity (Wildman–Crippen MR) is 61.0 cm³/mol. The molecule has 5 heteroatoms. The number of hydrogen-bond acceptors (Lipinski definition) is 4. The summed E-state index contributed by atoms with van der Waals surface area (Å²) in [7, 11) is 3.47. The summed E-state index contributed by atoms with van der Waals surface area (Å²) in [5.74, 6) is 0.0280. The minimum absolute atomic E-state index is 0.0280. The number of carbonyl (C=O) groups is 1. The van der Waals surface area contributed by atoms with Crippen LogP contribution in [0.5, 0.6) is 0 Å². The molecule has 5 nitrogen and oxygen atoms in total. The van der Waals surface area contributed by atoms with Gasteiger partial charge in [-0.3, -0.25) is 9.78 Å². The van der Waals surface area contributed by atoms with Gasteiger partial charge in [-0.15, -0.1) is 0 Å². The van der Waals surface area contributed by atoms with E-state index >= 15 is 0 Å². The van der Waals surface area contributed by atoms with Crippen LogP contribution in [0.3, 0.4) is 0 Å². The Labute approximate surface area is 89.3 Å². The molecule has 0 aliphatic rings. The molecule has 0 aliphatic carbocycles. The molecule has 1 heterocycles. The van der Waals surface area contributed by atoms with Crippen LogP contribution in [0, 0.1) is 0 Å². The molecule has 15 heavy (non-hydrogen) atoms. The summed E-state index contributed by atoms with van der Waals surface area (Å²) in [5, 5.41) is 8.68. The molecule has 0 saturated heterocycles. The molecule has 0 spiro atoms. The van der Waals surface area contributed by atoms with Crippen LogP contribution in [0.1, 0.15) is 6.42 Å². The highest BCUT2D eigenvalue weighted by Gasteiger charge is 1.98. The predicted octanol–water partition coefficient (Wildman–Crippen LogP) is 0.671. The van der Waals surface area contributed by atoms with Crippen molar-refractivity contribution in [1.82, 2.24) is 10.3 Å². The lowest BCUT2D eigenvalue weighted by atomic mass is 10.3. The van der Waals surface area contributed by atoms with Crippen molar-refractivity contribution in [3.05, 3.63) is 18.5 Å². The number of hydrogen-bond donors (Lipinski definition) is 3. The van der Waals surface area contributed by atoms with E-state index in [1.165, 1.54) is 0 Å². The van der Waals surface area contributed by atoms with Crippen molar-refractivity contribution in [3.63, 3.8) is 0 Å². The fraction of sp³-hybridized carbons (Fsp3) is 0.400. The Bertz CT molecular complexity index is 327. The van der Waals surface area contributed by atoms with E-state index in [2.05, 4.69) is 20.9 Å². The number of rotatable bonds is 5. The third-order valence-electron chi connectivity index (χ3n) is 1.99. The highest BCUT2D eigenvalue weighted by molar-refractivity contribution is 5.76. The summed E-state index contributed by atoms with van der Waals surface area (Å²) < 4.78 is 0. The number of pyridine rings is 1. The van der Waals surface area contributed by atoms with Gasteiger partial charge in [0.05, 0.1) is 23.8 Å². The highest BCUT2D eigenvalue weighted by atomic mass is 16.1. The fourth-order valence-corrected chi connectivity index (χ4v) is 1.12. The number of amides is 1. The van der Waals surface area contributed by atoms with Gasteiger partial charge in [-0.2, -0.15) is 0 Å². The van der Waals surface area contributed by atoms with Gasteiger partial charge in [0.2, 0.25) is 5.91 Å². The summed E-state index contributed by atoms with van der Waals surface area (Å²) in [6, 6.07) is 1.94. The van der Waals surface area contributed by atoms with Gasteiger partial charge in [-0.1, -0.05) is 0 Å². The summed E-state index contributed by atoms with van der Waals surface area (Å²) >= 11 is 0. The number of aromatic nitrogens is 1. The van der Waals surface area contributed by atoms with Gasteiger partial charge in [0.1, 0.15) is 0 Å². The molecule has 1 amide bonds. The maximum absolute atomic E-state index is 10.9. The topological polar surface area (TPSA) is 66.0 Å². The van der Waals surface area contributed by atoms with Crippen molar-refractivity contribution in [2.24, 2.45) is 0 Å². The molecule has 82 valence electrons. The Hall–Kier alpha value is -1.78. The van der Waals surface area contributed by atoms with Gasteiger partial charge in [0, 0.05) is 27.1 Å². The van der Waals surface area contributed by atoms with Crippen LogP contribution in [0.15, 0.2) is 18.5 Å². The van der Waals surface area contributed by atoms with E-state index in [-0.39, 0.29) is 5.91 Å². The van der Waals surface area contributed by atoms with Gasteiger partial charge < -0.3 is 16.0 Å². The molecule has 0 fully saturated rings. The maximum atomic E-state index is 10.9. The fourth-order valence-electron chi connectivity index (χ4n) is 1.12. The Morgan fingerprint density at radius 3 is 2.73 bits per heavy atom. The van der Waals surface area contributed by atoms with E-state index in [1.54, 1.807) is 19.4 Å². The SMILES string of the molecule is CNC(=O)CCNc1cncc(NC)c1. The normalized spacial score (nSPS) is 9.47. The van der Waals surface area contributed by atoms with Crippen LogP contribution in [0.4, 0.5) is 11.4 Å². The van der Waals surface area contributed by atoms with Crippen molar-refractivity contribution < 1.29 is 4.79 Å². The van der Waals surface area contributed by atoms with Crippen LogP contribution in [0.25, 0.3) is 0 Å². The van der Waals surface area contributed by atoms with Gasteiger partial charge in [0.25, 0.3) is 0 Å². The Kier molecular flexibility index (Phi) is 4.40. The first kappa shape index (κ1) is 11.3. The van der Waals surface area contributed by atoms with Crippen LogP contribution < -0.4 is 16.0 Å². The van der Waals surface area contributed by atoms with E-state index in [9.17, 15) is 4.79 Å². The Morgan fingerprint density at radius 1 is 1.33 bits per heavy atom. The zero-order valence-corrected chi connectivity index (χ0v) is 9.00. The van der Waals surface area contributed by atoms with Crippen molar-refractivity contribution >= 4 is 17.3 Å². The summed E-state index contributed by atoms with van der Waals surface area (Å²) in [4.78, 5) is 15.0. The lowest BCUT2D eigenvalue weighted by molar-refractivity contribution is -0.120. The minimum Gasteiger partial charge on any atom is -0.387 e. The average Bonchev–Trinajstić information content (AvgIpc) is 2.29. The Balaban J connectivity index is 2.40. The van der Waals surface area contributed by atoms with Gasteiger partial charge in [-0.05, 0) is 6.07 Å². The number of anilines is 2. The first-order valence-electron chi connectivity index (χ1n) is 4.83. The van der Waals surface area contributed by atoms with Crippen LogP contribution in [0.2, 0.25) is 0 Å². The molecule has 0 radical (unpaired) electrons. The van der Waals surface area contributed by atoms with E-state index in [4.69, 9.17) is 0 Å². The van der Waals surface area contributed by atoms with Crippen LogP contribution >= 0.6 is 0 Å². The second-order valence-electron chi connectivity index (χ2n) is 3.06. The van der Waals surface area contributed by atoms with E-state index in [1.807, 2.05) is 13.1 Å². The first-order chi connectivity index (χ1) is 7.26. The monoisotopic (exact) mass is 208 g/mol. The number of nitrogens with zero attached hydrogens (tertiary/aromatic N) is 1. The standard InChI is InChI=1S/C10H16N4O/c1-11-8-5-9(7-13-6-8)14-4-3-10(15)12-2/h5-7,11,14H,3-4H2,1-2H3,(H,12,15). The zero-order chi connectivity index (χ0) is 11.1. The number of carbonyl (C=O) groups excluding carboxylic acids is 1. The van der Waals surface area contributed by atoms with Gasteiger partial charge in [-0.25, -0.2) is 0 Å². The van der Waals surface area contributed by atoms with Crippen LogP contribution in [-0.4, -0.2) is 31.5 Å². The largest absolute Gasteiger partial charge is 0.387 e. The van der Waals surface area contributed by atoms with E-state index in [0.29, 0.717) is 13.0 Å². The minimum atomic E-state index is 0.0280. The molecule has 0 aliphatic heterocycles.